The molecule has 0 atom stereocenters. The van der Waals surface area contributed by atoms with Crippen LogP contribution in [0.25, 0.3) is 4.96 Å². The maximum absolute atomic E-state index is 11.9. The standard InChI is InChI=1S/C12H12N4OS/c1-15-4-2-3-10(15)11(17)13-7-9-8-16-5-6-18-12(16)14-9/h2-6,8H,7H2,1H3,(H,13,17). The van der Waals surface area contributed by atoms with Crippen molar-refractivity contribution in [1.82, 2.24) is 19.3 Å². The highest BCUT2D eigenvalue weighted by molar-refractivity contribution is 7.15. The molecule has 1 N–H and O–H groups in total. The number of aryl methyl sites for hydroxylation is 1. The van der Waals surface area contributed by atoms with E-state index in [0.29, 0.717) is 12.2 Å². The van der Waals surface area contributed by atoms with E-state index >= 15 is 0 Å². The van der Waals surface area contributed by atoms with Crippen LogP contribution in [0.4, 0.5) is 0 Å². The van der Waals surface area contributed by atoms with Gasteiger partial charge in [0.05, 0.1) is 12.2 Å². The average molecular weight is 260 g/mol. The zero-order valence-electron chi connectivity index (χ0n) is 9.83. The molecule has 0 unspecified atom stereocenters. The third kappa shape index (κ3) is 1.91. The predicted molar refractivity (Wildman–Crippen MR) is 69.7 cm³/mol. The topological polar surface area (TPSA) is 51.3 Å². The van der Waals surface area contributed by atoms with Gasteiger partial charge in [0.2, 0.25) is 0 Å². The van der Waals surface area contributed by atoms with Crippen molar-refractivity contribution in [2.24, 2.45) is 7.05 Å². The van der Waals surface area contributed by atoms with Crippen LogP contribution >= 0.6 is 11.3 Å². The summed E-state index contributed by atoms with van der Waals surface area (Å²) in [6.45, 7) is 0.443. The van der Waals surface area contributed by atoms with Crippen LogP contribution in [-0.4, -0.2) is 19.9 Å². The molecule has 0 saturated carbocycles. The van der Waals surface area contributed by atoms with E-state index in [9.17, 15) is 4.79 Å². The first-order chi connectivity index (χ1) is 8.74. The summed E-state index contributed by atoms with van der Waals surface area (Å²) in [4.78, 5) is 17.2. The Hall–Kier alpha value is -2.08. The zero-order chi connectivity index (χ0) is 12.5. The Labute approximate surface area is 108 Å². The molecule has 0 aliphatic heterocycles. The van der Waals surface area contributed by atoms with Crippen molar-refractivity contribution in [3.8, 4) is 0 Å². The number of nitrogens with one attached hydrogen (secondary N) is 1. The quantitative estimate of drug-likeness (QED) is 0.778. The maximum Gasteiger partial charge on any atom is 0.268 e. The Morgan fingerprint density at radius 2 is 2.39 bits per heavy atom. The van der Waals surface area contributed by atoms with Gasteiger partial charge in [0.1, 0.15) is 5.69 Å². The molecule has 6 heteroatoms. The van der Waals surface area contributed by atoms with Crippen LogP contribution in [0.5, 0.6) is 0 Å². The lowest BCUT2D eigenvalue weighted by molar-refractivity contribution is 0.0942. The number of fused-ring (bicyclic) bond motifs is 1. The molecule has 3 rings (SSSR count). The second-order valence-corrected chi connectivity index (χ2v) is 4.89. The average Bonchev–Trinajstić information content (AvgIpc) is 3.00. The van der Waals surface area contributed by atoms with E-state index in [1.807, 2.05) is 41.5 Å². The second-order valence-electron chi connectivity index (χ2n) is 4.01. The molecule has 0 radical (unpaired) electrons. The van der Waals surface area contributed by atoms with Gasteiger partial charge in [-0.2, -0.15) is 0 Å². The Kier molecular flexibility index (Phi) is 2.64. The fourth-order valence-electron chi connectivity index (χ4n) is 1.82. The van der Waals surface area contributed by atoms with E-state index in [-0.39, 0.29) is 5.91 Å². The minimum atomic E-state index is -0.0844. The molecule has 0 aromatic carbocycles. The third-order valence-corrected chi connectivity index (χ3v) is 3.52. The van der Waals surface area contributed by atoms with Crippen molar-refractivity contribution < 1.29 is 4.79 Å². The fraction of sp³-hybridized carbons (Fsp3) is 0.167. The summed E-state index contributed by atoms with van der Waals surface area (Å²) in [7, 11) is 1.85. The number of hydrogen-bond acceptors (Lipinski definition) is 3. The van der Waals surface area contributed by atoms with Gasteiger partial charge in [-0.3, -0.25) is 9.20 Å². The number of aromatic nitrogens is 3. The lowest BCUT2D eigenvalue weighted by Gasteiger charge is -2.03. The highest BCUT2D eigenvalue weighted by atomic mass is 32.1. The fourth-order valence-corrected chi connectivity index (χ4v) is 2.54. The Morgan fingerprint density at radius 1 is 1.50 bits per heavy atom. The number of carbonyl (C=O) groups excluding carboxylic acids is 1. The molecule has 5 nitrogen and oxygen atoms in total. The van der Waals surface area contributed by atoms with Gasteiger partial charge in [-0.05, 0) is 12.1 Å². The molecule has 3 heterocycles. The molecule has 0 saturated heterocycles. The van der Waals surface area contributed by atoms with E-state index in [1.165, 1.54) is 0 Å². The Balaban J connectivity index is 1.69. The van der Waals surface area contributed by atoms with Gasteiger partial charge in [-0.25, -0.2) is 4.98 Å². The van der Waals surface area contributed by atoms with E-state index < -0.39 is 0 Å². The van der Waals surface area contributed by atoms with Gasteiger partial charge < -0.3 is 9.88 Å². The number of nitrogens with zero attached hydrogens (tertiary/aromatic N) is 3. The number of rotatable bonds is 3. The molecule has 0 aliphatic rings. The third-order valence-electron chi connectivity index (χ3n) is 2.75. The highest BCUT2D eigenvalue weighted by Gasteiger charge is 2.09. The van der Waals surface area contributed by atoms with Crippen LogP contribution < -0.4 is 5.32 Å². The van der Waals surface area contributed by atoms with Gasteiger partial charge in [0, 0.05) is 31.0 Å². The summed E-state index contributed by atoms with van der Waals surface area (Å²) in [5, 5.41) is 4.84. The van der Waals surface area contributed by atoms with Crippen LogP contribution in [0.15, 0.2) is 36.1 Å². The van der Waals surface area contributed by atoms with Crippen LogP contribution in [0, 0.1) is 0 Å². The van der Waals surface area contributed by atoms with Crippen molar-refractivity contribution in [1.29, 1.82) is 0 Å². The molecule has 0 fully saturated rings. The number of amides is 1. The first-order valence-electron chi connectivity index (χ1n) is 5.54. The van der Waals surface area contributed by atoms with E-state index in [0.717, 1.165) is 10.7 Å². The van der Waals surface area contributed by atoms with Gasteiger partial charge >= 0.3 is 0 Å². The van der Waals surface area contributed by atoms with Crippen molar-refractivity contribution in [2.45, 2.75) is 6.54 Å². The molecule has 0 aliphatic carbocycles. The zero-order valence-corrected chi connectivity index (χ0v) is 10.6. The Bertz CT molecular complexity index is 665. The maximum atomic E-state index is 11.9. The number of hydrogen-bond donors (Lipinski definition) is 1. The minimum Gasteiger partial charge on any atom is -0.347 e. The van der Waals surface area contributed by atoms with E-state index in [4.69, 9.17) is 0 Å². The van der Waals surface area contributed by atoms with E-state index in [1.54, 1.807) is 22.0 Å². The summed E-state index contributed by atoms with van der Waals surface area (Å²) in [5.41, 5.74) is 1.51. The van der Waals surface area contributed by atoms with Gasteiger partial charge in [-0.15, -0.1) is 11.3 Å². The van der Waals surface area contributed by atoms with Crippen molar-refractivity contribution in [3.63, 3.8) is 0 Å². The first-order valence-corrected chi connectivity index (χ1v) is 6.42. The summed E-state index contributed by atoms with van der Waals surface area (Å²) in [6, 6.07) is 3.64. The molecule has 18 heavy (non-hydrogen) atoms. The normalized spacial score (nSPS) is 10.9. The number of carbonyl (C=O) groups is 1. The molecular formula is C12H12N4OS. The van der Waals surface area contributed by atoms with Crippen molar-refractivity contribution >= 4 is 22.2 Å². The summed E-state index contributed by atoms with van der Waals surface area (Å²) in [6.07, 6.45) is 5.73. The molecule has 1 amide bonds. The van der Waals surface area contributed by atoms with E-state index in [2.05, 4.69) is 10.3 Å². The summed E-state index contributed by atoms with van der Waals surface area (Å²) >= 11 is 1.58. The highest BCUT2D eigenvalue weighted by Crippen LogP contribution is 2.11. The van der Waals surface area contributed by atoms with Crippen LogP contribution in [-0.2, 0) is 13.6 Å². The lowest BCUT2D eigenvalue weighted by atomic mass is 10.4. The monoisotopic (exact) mass is 260 g/mol. The molecule has 0 spiro atoms. The largest absolute Gasteiger partial charge is 0.347 e. The molecule has 92 valence electrons. The summed E-state index contributed by atoms with van der Waals surface area (Å²) < 4.78 is 3.75. The van der Waals surface area contributed by atoms with Crippen LogP contribution in [0.1, 0.15) is 16.2 Å². The van der Waals surface area contributed by atoms with Crippen molar-refractivity contribution in [3.05, 3.63) is 47.5 Å². The first kappa shape index (κ1) is 11.0. The minimum absolute atomic E-state index is 0.0844. The number of imidazole rings is 1. The molecule has 3 aromatic heterocycles. The second kappa shape index (κ2) is 4.30. The molecule has 3 aromatic rings. The smallest absolute Gasteiger partial charge is 0.268 e. The van der Waals surface area contributed by atoms with Gasteiger partial charge in [0.15, 0.2) is 4.96 Å². The van der Waals surface area contributed by atoms with Crippen LogP contribution in [0.3, 0.4) is 0 Å². The van der Waals surface area contributed by atoms with Gasteiger partial charge in [-0.1, -0.05) is 0 Å². The SMILES string of the molecule is Cn1cccc1C(=O)NCc1cn2ccsc2n1. The summed E-state index contributed by atoms with van der Waals surface area (Å²) in [5.74, 6) is -0.0844. The molecular weight excluding hydrogens is 248 g/mol. The Morgan fingerprint density at radius 3 is 3.11 bits per heavy atom. The predicted octanol–water partition coefficient (Wildman–Crippen LogP) is 1.66. The van der Waals surface area contributed by atoms with Crippen molar-refractivity contribution in [2.75, 3.05) is 0 Å². The molecule has 0 bridgehead atoms. The number of thiazole rings is 1. The van der Waals surface area contributed by atoms with Gasteiger partial charge in [0.25, 0.3) is 5.91 Å². The van der Waals surface area contributed by atoms with Crippen LogP contribution in [0.2, 0.25) is 0 Å². The lowest BCUT2D eigenvalue weighted by Crippen LogP contribution is -2.24.